The molecule has 1 aliphatic heterocycles. The summed E-state index contributed by atoms with van der Waals surface area (Å²) in [6, 6.07) is 8.99. The summed E-state index contributed by atoms with van der Waals surface area (Å²) >= 11 is 0. The quantitative estimate of drug-likeness (QED) is 0.823. The largest absolute Gasteiger partial charge is 0.454 e. The van der Waals surface area contributed by atoms with E-state index in [9.17, 15) is 14.0 Å². The minimum absolute atomic E-state index is 0.0686. The van der Waals surface area contributed by atoms with Crippen molar-refractivity contribution in [3.05, 3.63) is 47.8 Å². The number of halogens is 1. The zero-order valence-corrected chi connectivity index (χ0v) is 15.3. The lowest BCUT2D eigenvalue weighted by atomic mass is 9.88. The summed E-state index contributed by atoms with van der Waals surface area (Å²) in [4.78, 5) is 24.9. The Morgan fingerprint density at radius 1 is 0.929 bits per heavy atom. The zero-order valence-electron chi connectivity index (χ0n) is 15.3. The van der Waals surface area contributed by atoms with Gasteiger partial charge in [-0.2, -0.15) is 0 Å². The monoisotopic (exact) mass is 384 g/mol. The molecule has 1 heterocycles. The highest BCUT2D eigenvalue weighted by Gasteiger charge is 2.22. The SMILES string of the molecule is O=C(Nc1ccc(F)c(NC(=O)C2CCCCC2)c1)c1ccc2c(c1)OCO2. The molecule has 0 atom stereocenters. The first-order chi connectivity index (χ1) is 13.6. The Bertz CT molecular complexity index is 909. The van der Waals surface area contributed by atoms with Gasteiger partial charge in [-0.1, -0.05) is 19.3 Å². The van der Waals surface area contributed by atoms with Crippen LogP contribution in [-0.4, -0.2) is 18.6 Å². The molecule has 2 aromatic rings. The number of ether oxygens (including phenoxy) is 2. The van der Waals surface area contributed by atoms with Crippen LogP contribution in [-0.2, 0) is 4.79 Å². The van der Waals surface area contributed by atoms with Gasteiger partial charge in [0.2, 0.25) is 12.7 Å². The molecule has 28 heavy (non-hydrogen) atoms. The summed E-state index contributed by atoms with van der Waals surface area (Å²) in [5.41, 5.74) is 0.850. The van der Waals surface area contributed by atoms with Crippen molar-refractivity contribution < 1.29 is 23.5 Å². The van der Waals surface area contributed by atoms with Crippen molar-refractivity contribution in [3.63, 3.8) is 0 Å². The molecule has 1 aliphatic carbocycles. The Morgan fingerprint density at radius 2 is 1.71 bits per heavy atom. The molecule has 2 aromatic carbocycles. The lowest BCUT2D eigenvalue weighted by Crippen LogP contribution is -2.25. The molecule has 146 valence electrons. The molecule has 0 bridgehead atoms. The molecule has 2 aliphatic rings. The Kier molecular flexibility index (Phi) is 5.14. The van der Waals surface area contributed by atoms with Crippen LogP contribution in [0.2, 0.25) is 0 Å². The summed E-state index contributed by atoms with van der Waals surface area (Å²) < 4.78 is 24.7. The second-order valence-corrected chi connectivity index (χ2v) is 7.04. The van der Waals surface area contributed by atoms with E-state index in [4.69, 9.17) is 9.47 Å². The van der Waals surface area contributed by atoms with Crippen LogP contribution in [0.3, 0.4) is 0 Å². The first-order valence-corrected chi connectivity index (χ1v) is 9.41. The number of hydrogen-bond acceptors (Lipinski definition) is 4. The summed E-state index contributed by atoms with van der Waals surface area (Å²) in [7, 11) is 0. The van der Waals surface area contributed by atoms with E-state index in [1.165, 1.54) is 18.2 Å². The lowest BCUT2D eigenvalue weighted by molar-refractivity contribution is -0.120. The average Bonchev–Trinajstić information content (AvgIpc) is 3.19. The molecule has 0 radical (unpaired) electrons. The predicted octanol–water partition coefficient (Wildman–Crippen LogP) is 4.33. The highest BCUT2D eigenvalue weighted by Crippen LogP contribution is 2.33. The number of fused-ring (bicyclic) bond motifs is 1. The third-order valence-electron chi connectivity index (χ3n) is 5.09. The van der Waals surface area contributed by atoms with Crippen molar-refractivity contribution in [2.75, 3.05) is 17.4 Å². The van der Waals surface area contributed by atoms with Crippen LogP contribution in [0.15, 0.2) is 36.4 Å². The van der Waals surface area contributed by atoms with Gasteiger partial charge in [0.15, 0.2) is 11.5 Å². The summed E-state index contributed by atoms with van der Waals surface area (Å²) in [5.74, 6) is -0.0594. The van der Waals surface area contributed by atoms with Crippen LogP contribution in [0.5, 0.6) is 11.5 Å². The third-order valence-corrected chi connectivity index (χ3v) is 5.09. The number of rotatable bonds is 4. The fourth-order valence-electron chi connectivity index (χ4n) is 3.54. The van der Waals surface area contributed by atoms with E-state index in [0.29, 0.717) is 22.7 Å². The molecule has 7 heteroatoms. The zero-order chi connectivity index (χ0) is 19.5. The van der Waals surface area contributed by atoms with Gasteiger partial charge in [0.25, 0.3) is 5.91 Å². The maximum atomic E-state index is 14.1. The molecule has 4 rings (SSSR count). The molecule has 1 fully saturated rings. The topological polar surface area (TPSA) is 76.7 Å². The van der Waals surface area contributed by atoms with Crippen molar-refractivity contribution in [1.82, 2.24) is 0 Å². The maximum absolute atomic E-state index is 14.1. The molecule has 1 saturated carbocycles. The van der Waals surface area contributed by atoms with E-state index in [1.54, 1.807) is 18.2 Å². The summed E-state index contributed by atoms with van der Waals surface area (Å²) in [5, 5.41) is 5.38. The average molecular weight is 384 g/mol. The first kappa shape index (κ1) is 18.3. The second kappa shape index (κ2) is 7.88. The summed E-state index contributed by atoms with van der Waals surface area (Å²) in [6.07, 6.45) is 4.83. The Morgan fingerprint density at radius 3 is 2.54 bits per heavy atom. The van der Waals surface area contributed by atoms with Gasteiger partial charge in [0.05, 0.1) is 5.69 Å². The molecule has 0 unspecified atom stereocenters. The molecular weight excluding hydrogens is 363 g/mol. The van der Waals surface area contributed by atoms with Gasteiger partial charge < -0.3 is 20.1 Å². The normalized spacial score (nSPS) is 15.9. The fourth-order valence-corrected chi connectivity index (χ4v) is 3.54. The van der Waals surface area contributed by atoms with E-state index in [2.05, 4.69) is 10.6 Å². The van der Waals surface area contributed by atoms with Gasteiger partial charge >= 0.3 is 0 Å². The highest BCUT2D eigenvalue weighted by atomic mass is 19.1. The number of nitrogens with one attached hydrogen (secondary N) is 2. The van der Waals surface area contributed by atoms with Gasteiger partial charge in [-0.25, -0.2) is 4.39 Å². The second-order valence-electron chi connectivity index (χ2n) is 7.04. The van der Waals surface area contributed by atoms with E-state index >= 15 is 0 Å². The molecule has 2 N–H and O–H groups in total. The third kappa shape index (κ3) is 3.93. The smallest absolute Gasteiger partial charge is 0.255 e. The van der Waals surface area contributed by atoms with Crippen molar-refractivity contribution in [1.29, 1.82) is 0 Å². The van der Waals surface area contributed by atoms with Crippen LogP contribution in [0, 0.1) is 11.7 Å². The lowest BCUT2D eigenvalue weighted by Gasteiger charge is -2.21. The van der Waals surface area contributed by atoms with Crippen LogP contribution >= 0.6 is 0 Å². The summed E-state index contributed by atoms with van der Waals surface area (Å²) in [6.45, 7) is 0.127. The first-order valence-electron chi connectivity index (χ1n) is 9.41. The van der Waals surface area contributed by atoms with Gasteiger partial charge in [0.1, 0.15) is 5.82 Å². The molecule has 0 aromatic heterocycles. The van der Waals surface area contributed by atoms with Gasteiger partial charge in [-0.05, 0) is 49.2 Å². The minimum Gasteiger partial charge on any atom is -0.454 e. The predicted molar refractivity (Wildman–Crippen MR) is 102 cm³/mol. The van der Waals surface area contributed by atoms with Crippen molar-refractivity contribution >= 4 is 23.2 Å². The Hall–Kier alpha value is -3.09. The highest BCUT2D eigenvalue weighted by molar-refractivity contribution is 6.05. The van der Waals surface area contributed by atoms with E-state index in [1.807, 2.05) is 0 Å². The van der Waals surface area contributed by atoms with Crippen LogP contribution in [0.1, 0.15) is 42.5 Å². The number of carbonyl (C=O) groups is 2. The van der Waals surface area contributed by atoms with Crippen molar-refractivity contribution in [3.8, 4) is 11.5 Å². The molecular formula is C21H21FN2O4. The van der Waals surface area contributed by atoms with Crippen molar-refractivity contribution in [2.24, 2.45) is 5.92 Å². The molecule has 0 spiro atoms. The standard InChI is InChI=1S/C21H21FN2O4/c22-16-8-7-15(11-17(16)24-20(25)13-4-2-1-3-5-13)23-21(26)14-6-9-18-19(10-14)28-12-27-18/h6-11,13H,1-5,12H2,(H,23,26)(H,24,25). The van der Waals surface area contributed by atoms with Crippen LogP contribution in [0.4, 0.5) is 15.8 Å². The van der Waals surface area contributed by atoms with Crippen LogP contribution < -0.4 is 20.1 Å². The van der Waals surface area contributed by atoms with Gasteiger partial charge in [-0.15, -0.1) is 0 Å². The Balaban J connectivity index is 1.45. The van der Waals surface area contributed by atoms with Gasteiger partial charge in [0, 0.05) is 17.2 Å². The van der Waals surface area contributed by atoms with E-state index < -0.39 is 5.82 Å². The molecule has 2 amide bonds. The Labute approximate surface area is 162 Å². The number of amides is 2. The van der Waals surface area contributed by atoms with E-state index in [0.717, 1.165) is 32.1 Å². The number of benzene rings is 2. The van der Waals surface area contributed by atoms with Crippen molar-refractivity contribution in [2.45, 2.75) is 32.1 Å². The van der Waals surface area contributed by atoms with Gasteiger partial charge in [-0.3, -0.25) is 9.59 Å². The van der Waals surface area contributed by atoms with E-state index in [-0.39, 0.29) is 30.2 Å². The fraction of sp³-hybridized carbons (Fsp3) is 0.333. The number of carbonyl (C=O) groups excluding carboxylic acids is 2. The van der Waals surface area contributed by atoms with Crippen LogP contribution in [0.25, 0.3) is 0 Å². The maximum Gasteiger partial charge on any atom is 0.255 e. The number of anilines is 2. The minimum atomic E-state index is -0.537. The number of hydrogen-bond donors (Lipinski definition) is 2. The molecule has 6 nitrogen and oxygen atoms in total. The molecule has 0 saturated heterocycles.